The SMILES string of the molecule is O=C(NCc1ccc2c(c1)OCO2)c1cnc(NCc2ccco2)nc1. The van der Waals surface area contributed by atoms with Crippen LogP contribution in [-0.4, -0.2) is 22.7 Å². The predicted octanol–water partition coefficient (Wildman–Crippen LogP) is 2.34. The van der Waals surface area contributed by atoms with E-state index >= 15 is 0 Å². The molecule has 0 atom stereocenters. The highest BCUT2D eigenvalue weighted by molar-refractivity contribution is 5.93. The van der Waals surface area contributed by atoms with Crippen molar-refractivity contribution < 1.29 is 18.7 Å². The van der Waals surface area contributed by atoms with Gasteiger partial charge in [0.2, 0.25) is 12.7 Å². The minimum atomic E-state index is -0.250. The third-order valence-corrected chi connectivity index (χ3v) is 3.80. The molecule has 1 aliphatic rings. The Bertz CT molecular complexity index is 894. The molecule has 1 aliphatic heterocycles. The number of benzene rings is 1. The lowest BCUT2D eigenvalue weighted by Gasteiger charge is -2.07. The predicted molar refractivity (Wildman–Crippen MR) is 91.8 cm³/mol. The van der Waals surface area contributed by atoms with E-state index in [0.29, 0.717) is 36.1 Å². The van der Waals surface area contributed by atoms with Gasteiger partial charge in [-0.2, -0.15) is 0 Å². The van der Waals surface area contributed by atoms with E-state index in [1.807, 2.05) is 30.3 Å². The number of fused-ring (bicyclic) bond motifs is 1. The van der Waals surface area contributed by atoms with Crippen molar-refractivity contribution in [1.29, 1.82) is 0 Å². The van der Waals surface area contributed by atoms with Gasteiger partial charge in [0.1, 0.15) is 5.76 Å². The summed E-state index contributed by atoms with van der Waals surface area (Å²) in [6.07, 6.45) is 4.56. The van der Waals surface area contributed by atoms with Gasteiger partial charge in [0.25, 0.3) is 5.91 Å². The van der Waals surface area contributed by atoms with E-state index in [1.165, 1.54) is 12.4 Å². The number of hydrogen-bond acceptors (Lipinski definition) is 7. The van der Waals surface area contributed by atoms with E-state index in [-0.39, 0.29) is 12.7 Å². The maximum absolute atomic E-state index is 12.2. The Labute approximate surface area is 149 Å². The van der Waals surface area contributed by atoms with Crippen molar-refractivity contribution in [1.82, 2.24) is 15.3 Å². The molecule has 0 radical (unpaired) electrons. The third-order valence-electron chi connectivity index (χ3n) is 3.80. The summed E-state index contributed by atoms with van der Waals surface area (Å²) < 4.78 is 15.8. The highest BCUT2D eigenvalue weighted by atomic mass is 16.7. The van der Waals surface area contributed by atoms with Gasteiger partial charge in [-0.05, 0) is 29.8 Å². The molecule has 0 spiro atoms. The van der Waals surface area contributed by atoms with Crippen LogP contribution >= 0.6 is 0 Å². The first-order valence-corrected chi connectivity index (χ1v) is 8.03. The van der Waals surface area contributed by atoms with Gasteiger partial charge in [0.15, 0.2) is 11.5 Å². The number of nitrogens with one attached hydrogen (secondary N) is 2. The molecule has 2 N–H and O–H groups in total. The number of ether oxygens (including phenoxy) is 2. The van der Waals surface area contributed by atoms with Gasteiger partial charge in [-0.3, -0.25) is 4.79 Å². The van der Waals surface area contributed by atoms with Crippen LogP contribution in [0.1, 0.15) is 21.7 Å². The van der Waals surface area contributed by atoms with Crippen LogP contribution < -0.4 is 20.1 Å². The molecule has 3 heterocycles. The fraction of sp³-hybridized carbons (Fsp3) is 0.167. The summed E-state index contributed by atoms with van der Waals surface area (Å²) in [6, 6.07) is 9.22. The number of rotatable bonds is 6. The van der Waals surface area contributed by atoms with E-state index in [2.05, 4.69) is 20.6 Å². The number of hydrogen-bond donors (Lipinski definition) is 2. The van der Waals surface area contributed by atoms with Crippen LogP contribution in [0.15, 0.2) is 53.4 Å². The summed E-state index contributed by atoms with van der Waals surface area (Å²) in [6.45, 7) is 1.07. The molecule has 8 heteroatoms. The Kier molecular flexibility index (Phi) is 4.38. The third kappa shape index (κ3) is 3.59. The molecule has 26 heavy (non-hydrogen) atoms. The zero-order valence-corrected chi connectivity index (χ0v) is 13.8. The first-order chi connectivity index (χ1) is 12.8. The highest BCUT2D eigenvalue weighted by Crippen LogP contribution is 2.32. The monoisotopic (exact) mass is 352 g/mol. The largest absolute Gasteiger partial charge is 0.467 e. The van der Waals surface area contributed by atoms with E-state index < -0.39 is 0 Å². The highest BCUT2D eigenvalue weighted by Gasteiger charge is 2.14. The van der Waals surface area contributed by atoms with Crippen LogP contribution in [0.5, 0.6) is 11.5 Å². The Morgan fingerprint density at radius 3 is 2.73 bits per heavy atom. The van der Waals surface area contributed by atoms with Gasteiger partial charge < -0.3 is 24.5 Å². The van der Waals surface area contributed by atoms with Crippen LogP contribution in [0.2, 0.25) is 0 Å². The quantitative estimate of drug-likeness (QED) is 0.702. The van der Waals surface area contributed by atoms with E-state index in [0.717, 1.165) is 11.3 Å². The molecule has 0 saturated heterocycles. The van der Waals surface area contributed by atoms with Crippen LogP contribution in [-0.2, 0) is 13.1 Å². The molecule has 0 unspecified atom stereocenters. The minimum Gasteiger partial charge on any atom is -0.467 e. The zero-order chi connectivity index (χ0) is 17.8. The number of aromatic nitrogens is 2. The summed E-state index contributed by atoms with van der Waals surface area (Å²) in [5, 5.41) is 5.85. The average molecular weight is 352 g/mol. The lowest BCUT2D eigenvalue weighted by molar-refractivity contribution is 0.0950. The molecular formula is C18H16N4O4. The van der Waals surface area contributed by atoms with Crippen LogP contribution in [0.4, 0.5) is 5.95 Å². The molecule has 0 aliphatic carbocycles. The van der Waals surface area contributed by atoms with Crippen molar-refractivity contribution in [2.45, 2.75) is 13.1 Å². The van der Waals surface area contributed by atoms with Gasteiger partial charge >= 0.3 is 0 Å². The standard InChI is InChI=1S/C18H16N4O4/c23-17(19-7-12-3-4-15-16(6-12)26-11-25-15)13-8-20-18(21-9-13)22-10-14-2-1-5-24-14/h1-6,8-9H,7,10-11H2,(H,19,23)(H,20,21,22). The lowest BCUT2D eigenvalue weighted by Crippen LogP contribution is -2.23. The normalized spacial score (nSPS) is 12.0. The van der Waals surface area contributed by atoms with E-state index in [1.54, 1.807) is 6.26 Å². The first-order valence-electron chi connectivity index (χ1n) is 8.03. The van der Waals surface area contributed by atoms with Gasteiger partial charge in [-0.15, -0.1) is 0 Å². The Morgan fingerprint density at radius 2 is 1.92 bits per heavy atom. The molecule has 2 aromatic heterocycles. The zero-order valence-electron chi connectivity index (χ0n) is 13.8. The fourth-order valence-corrected chi connectivity index (χ4v) is 2.45. The van der Waals surface area contributed by atoms with Gasteiger partial charge in [0.05, 0.1) is 18.4 Å². The number of anilines is 1. The van der Waals surface area contributed by atoms with Gasteiger partial charge in [-0.25, -0.2) is 9.97 Å². The number of furan rings is 1. The van der Waals surface area contributed by atoms with Crippen LogP contribution in [0, 0.1) is 0 Å². The molecule has 1 amide bonds. The van der Waals surface area contributed by atoms with Gasteiger partial charge in [-0.1, -0.05) is 6.07 Å². The number of carbonyl (C=O) groups is 1. The number of carbonyl (C=O) groups excluding carboxylic acids is 1. The molecule has 1 aromatic carbocycles. The second-order valence-corrected chi connectivity index (χ2v) is 5.60. The van der Waals surface area contributed by atoms with Crippen molar-refractivity contribution in [3.05, 3.63) is 65.9 Å². The maximum Gasteiger partial charge on any atom is 0.254 e. The summed E-state index contributed by atoms with van der Waals surface area (Å²) in [7, 11) is 0. The van der Waals surface area contributed by atoms with Crippen molar-refractivity contribution in [2.75, 3.05) is 12.1 Å². The van der Waals surface area contributed by atoms with Crippen LogP contribution in [0.25, 0.3) is 0 Å². The number of nitrogens with zero attached hydrogens (tertiary/aromatic N) is 2. The molecule has 4 rings (SSSR count). The summed E-state index contributed by atoms with van der Waals surface area (Å²) in [5.74, 6) is 2.35. The summed E-state index contributed by atoms with van der Waals surface area (Å²) >= 11 is 0. The second kappa shape index (κ2) is 7.14. The van der Waals surface area contributed by atoms with Crippen molar-refractivity contribution in [2.24, 2.45) is 0 Å². The molecule has 132 valence electrons. The fourth-order valence-electron chi connectivity index (χ4n) is 2.45. The summed E-state index contributed by atoms with van der Waals surface area (Å²) in [5.41, 5.74) is 1.30. The van der Waals surface area contributed by atoms with Gasteiger partial charge in [0, 0.05) is 18.9 Å². The minimum absolute atomic E-state index is 0.225. The molecule has 0 saturated carbocycles. The van der Waals surface area contributed by atoms with E-state index in [4.69, 9.17) is 13.9 Å². The second-order valence-electron chi connectivity index (χ2n) is 5.60. The molecule has 0 bridgehead atoms. The Hall–Kier alpha value is -3.55. The van der Waals surface area contributed by atoms with Crippen molar-refractivity contribution >= 4 is 11.9 Å². The molecule has 3 aromatic rings. The maximum atomic E-state index is 12.2. The topological polar surface area (TPSA) is 98.5 Å². The summed E-state index contributed by atoms with van der Waals surface area (Å²) in [4.78, 5) is 20.5. The Balaban J connectivity index is 1.31. The van der Waals surface area contributed by atoms with Crippen LogP contribution in [0.3, 0.4) is 0 Å². The van der Waals surface area contributed by atoms with Crippen molar-refractivity contribution in [3.8, 4) is 11.5 Å². The van der Waals surface area contributed by atoms with E-state index in [9.17, 15) is 4.79 Å². The number of amides is 1. The van der Waals surface area contributed by atoms with Crippen molar-refractivity contribution in [3.63, 3.8) is 0 Å². The smallest absolute Gasteiger partial charge is 0.254 e. The molecular weight excluding hydrogens is 336 g/mol. The molecule has 0 fully saturated rings. The average Bonchev–Trinajstić information content (AvgIpc) is 3.36. The first kappa shape index (κ1) is 15.9. The lowest BCUT2D eigenvalue weighted by atomic mass is 10.2. The molecule has 8 nitrogen and oxygen atoms in total. The Morgan fingerprint density at radius 1 is 1.08 bits per heavy atom.